The Morgan fingerprint density at radius 3 is 1.62 bits per heavy atom. The number of rotatable bonds is 4. The van der Waals surface area contributed by atoms with Crippen molar-refractivity contribution in [1.29, 1.82) is 0 Å². The van der Waals surface area contributed by atoms with E-state index in [0.717, 1.165) is 72.6 Å². The SMILES string of the molecule is c1ccc(-c2cc(-c3ccc(-n4c5ccccc5c5c6c(ccc54)C4(c5ccccc5O6)c5ccccc5-c5ccccc54)c4ccccc34)cc(-c3ccccc3)n2)cc1. The summed E-state index contributed by atoms with van der Waals surface area (Å²) in [5.41, 5.74) is 16.7. The van der Waals surface area contributed by atoms with Gasteiger partial charge in [-0.2, -0.15) is 0 Å². The Balaban J connectivity index is 1.07. The molecule has 1 spiro atoms. The summed E-state index contributed by atoms with van der Waals surface area (Å²) in [6.45, 7) is 0. The fourth-order valence-corrected chi connectivity index (χ4v) is 10.6. The molecular formula is C58H36N2O. The third-order valence-electron chi connectivity index (χ3n) is 13.1. The fraction of sp³-hybridized carbons (Fsp3) is 0.0172. The van der Waals surface area contributed by atoms with Crippen molar-refractivity contribution >= 4 is 32.6 Å². The summed E-state index contributed by atoms with van der Waals surface area (Å²) >= 11 is 0. The number of pyridine rings is 1. The Kier molecular flexibility index (Phi) is 7.22. The lowest BCUT2D eigenvalue weighted by Crippen LogP contribution is -2.32. The normalized spacial score (nSPS) is 13.2. The summed E-state index contributed by atoms with van der Waals surface area (Å²) in [5, 5.41) is 4.62. The van der Waals surface area contributed by atoms with Crippen molar-refractivity contribution in [2.75, 3.05) is 0 Å². The maximum Gasteiger partial charge on any atom is 0.142 e. The van der Waals surface area contributed by atoms with E-state index in [-0.39, 0.29) is 0 Å². The number of benzene rings is 9. The predicted octanol–water partition coefficient (Wildman–Crippen LogP) is 14.8. The maximum absolute atomic E-state index is 7.21. The van der Waals surface area contributed by atoms with Gasteiger partial charge in [-0.25, -0.2) is 4.98 Å². The topological polar surface area (TPSA) is 27.1 Å². The average Bonchev–Trinajstić information content (AvgIpc) is 3.83. The first-order valence-corrected chi connectivity index (χ1v) is 21.0. The number of nitrogens with zero attached hydrogens (tertiary/aromatic N) is 2. The number of aromatic nitrogens is 2. The molecule has 2 aliphatic rings. The molecule has 0 atom stereocenters. The van der Waals surface area contributed by atoms with Gasteiger partial charge < -0.3 is 9.30 Å². The molecule has 2 aromatic heterocycles. The van der Waals surface area contributed by atoms with Crippen molar-refractivity contribution in [2.24, 2.45) is 0 Å². The first kappa shape index (κ1) is 33.9. The highest BCUT2D eigenvalue weighted by atomic mass is 16.5. The smallest absolute Gasteiger partial charge is 0.142 e. The van der Waals surface area contributed by atoms with Gasteiger partial charge in [0.2, 0.25) is 0 Å². The van der Waals surface area contributed by atoms with E-state index in [1.54, 1.807) is 0 Å². The van der Waals surface area contributed by atoms with Crippen LogP contribution in [0.5, 0.6) is 11.5 Å². The molecule has 1 aliphatic heterocycles. The summed E-state index contributed by atoms with van der Waals surface area (Å²) in [4.78, 5) is 5.19. The van der Waals surface area contributed by atoms with Crippen molar-refractivity contribution in [3.8, 4) is 62.0 Å². The molecule has 284 valence electrons. The quantitative estimate of drug-likeness (QED) is 0.178. The molecule has 3 heterocycles. The highest BCUT2D eigenvalue weighted by Crippen LogP contribution is 2.63. The molecular weight excluding hydrogens is 741 g/mol. The van der Waals surface area contributed by atoms with Crippen molar-refractivity contribution in [3.63, 3.8) is 0 Å². The third-order valence-corrected chi connectivity index (χ3v) is 13.1. The van der Waals surface area contributed by atoms with Crippen LogP contribution < -0.4 is 4.74 Å². The summed E-state index contributed by atoms with van der Waals surface area (Å²) in [6, 6.07) is 78.8. The van der Waals surface area contributed by atoms with Crippen LogP contribution in [-0.4, -0.2) is 9.55 Å². The van der Waals surface area contributed by atoms with Crippen LogP contribution in [0.15, 0.2) is 218 Å². The monoisotopic (exact) mass is 776 g/mol. The number of para-hydroxylation sites is 2. The van der Waals surface area contributed by atoms with Crippen LogP contribution in [0.4, 0.5) is 0 Å². The largest absolute Gasteiger partial charge is 0.456 e. The molecule has 0 bridgehead atoms. The first-order chi connectivity index (χ1) is 30.3. The van der Waals surface area contributed by atoms with E-state index in [4.69, 9.17) is 9.72 Å². The van der Waals surface area contributed by atoms with Gasteiger partial charge in [0.15, 0.2) is 0 Å². The van der Waals surface area contributed by atoms with E-state index in [2.05, 4.69) is 223 Å². The minimum Gasteiger partial charge on any atom is -0.456 e. The van der Waals surface area contributed by atoms with Crippen LogP contribution in [-0.2, 0) is 5.41 Å². The molecule has 0 radical (unpaired) electrons. The molecule has 0 unspecified atom stereocenters. The number of ether oxygens (including phenoxy) is 1. The van der Waals surface area contributed by atoms with Crippen molar-refractivity contribution < 1.29 is 4.74 Å². The molecule has 0 saturated carbocycles. The molecule has 0 amide bonds. The Hall–Kier alpha value is -8.01. The van der Waals surface area contributed by atoms with E-state index >= 15 is 0 Å². The van der Waals surface area contributed by atoms with Gasteiger partial charge >= 0.3 is 0 Å². The minimum atomic E-state index is -0.537. The number of hydrogen-bond acceptors (Lipinski definition) is 2. The van der Waals surface area contributed by atoms with Gasteiger partial charge in [0.25, 0.3) is 0 Å². The van der Waals surface area contributed by atoms with E-state index in [1.807, 2.05) is 0 Å². The van der Waals surface area contributed by atoms with E-state index in [0.29, 0.717) is 0 Å². The van der Waals surface area contributed by atoms with Crippen LogP contribution in [0.25, 0.3) is 83.0 Å². The van der Waals surface area contributed by atoms with Crippen LogP contribution in [0.3, 0.4) is 0 Å². The van der Waals surface area contributed by atoms with Crippen molar-refractivity contribution in [1.82, 2.24) is 9.55 Å². The second-order valence-corrected chi connectivity index (χ2v) is 16.2. The molecule has 13 rings (SSSR count). The molecule has 0 saturated heterocycles. The Morgan fingerprint density at radius 1 is 0.377 bits per heavy atom. The lowest BCUT2D eigenvalue weighted by molar-refractivity contribution is 0.442. The number of fused-ring (bicyclic) bond motifs is 14. The minimum absolute atomic E-state index is 0.537. The van der Waals surface area contributed by atoms with Crippen LogP contribution >= 0.6 is 0 Å². The third kappa shape index (κ3) is 4.77. The zero-order chi connectivity index (χ0) is 40.1. The van der Waals surface area contributed by atoms with Crippen molar-refractivity contribution in [3.05, 3.63) is 241 Å². The first-order valence-electron chi connectivity index (χ1n) is 21.0. The zero-order valence-corrected chi connectivity index (χ0v) is 33.1. The maximum atomic E-state index is 7.21. The molecule has 11 aromatic rings. The van der Waals surface area contributed by atoms with Gasteiger partial charge in [-0.15, -0.1) is 0 Å². The lowest BCUT2D eigenvalue weighted by atomic mass is 9.66. The molecule has 3 nitrogen and oxygen atoms in total. The summed E-state index contributed by atoms with van der Waals surface area (Å²) in [7, 11) is 0. The number of hydrogen-bond donors (Lipinski definition) is 0. The second-order valence-electron chi connectivity index (χ2n) is 16.2. The van der Waals surface area contributed by atoms with E-state index < -0.39 is 5.41 Å². The molecule has 3 heteroatoms. The molecule has 0 N–H and O–H groups in total. The Labute approximate surface area is 353 Å². The standard InChI is InChI=1S/C58H36N2O/c1-3-17-37(18-4-1)50-35-39(36-51(59-50)38-19-5-2-6-20-38)40-31-33-53(44-24-8-7-21-41(40)44)60-52-29-15-11-25-45(52)56-54(60)34-32-49-57(56)61-55-30-16-14-28-48(55)58(49)46-26-12-9-22-42(46)43-23-10-13-27-47(43)58/h1-36H. The van der Waals surface area contributed by atoms with Gasteiger partial charge in [0.05, 0.1) is 38.9 Å². The highest BCUT2D eigenvalue weighted by molar-refractivity contribution is 6.15. The van der Waals surface area contributed by atoms with Crippen LogP contribution in [0.1, 0.15) is 22.3 Å². The lowest BCUT2D eigenvalue weighted by Gasteiger charge is -2.39. The predicted molar refractivity (Wildman–Crippen MR) is 250 cm³/mol. The zero-order valence-electron chi connectivity index (χ0n) is 33.1. The van der Waals surface area contributed by atoms with Gasteiger partial charge in [-0.3, -0.25) is 0 Å². The second kappa shape index (κ2) is 13.0. The molecule has 9 aromatic carbocycles. The van der Waals surface area contributed by atoms with Gasteiger partial charge in [0.1, 0.15) is 11.5 Å². The average molecular weight is 777 g/mol. The van der Waals surface area contributed by atoms with Crippen LogP contribution in [0.2, 0.25) is 0 Å². The summed E-state index contributed by atoms with van der Waals surface area (Å²) < 4.78 is 9.65. The van der Waals surface area contributed by atoms with E-state index in [9.17, 15) is 0 Å². The molecule has 0 fully saturated rings. The Morgan fingerprint density at radius 2 is 0.934 bits per heavy atom. The van der Waals surface area contributed by atoms with Crippen molar-refractivity contribution in [2.45, 2.75) is 5.41 Å². The summed E-state index contributed by atoms with van der Waals surface area (Å²) in [5.74, 6) is 1.81. The highest BCUT2D eigenvalue weighted by Gasteiger charge is 2.51. The Bertz CT molecular complexity index is 3460. The van der Waals surface area contributed by atoms with Gasteiger partial charge in [0, 0.05) is 33.0 Å². The van der Waals surface area contributed by atoms with Crippen LogP contribution in [0, 0.1) is 0 Å². The molecule has 1 aliphatic carbocycles. The van der Waals surface area contributed by atoms with Gasteiger partial charge in [-0.1, -0.05) is 182 Å². The van der Waals surface area contributed by atoms with E-state index in [1.165, 1.54) is 44.2 Å². The molecule has 61 heavy (non-hydrogen) atoms. The summed E-state index contributed by atoms with van der Waals surface area (Å²) in [6.07, 6.45) is 0. The van der Waals surface area contributed by atoms with Gasteiger partial charge in [-0.05, 0) is 75.2 Å². The fourth-order valence-electron chi connectivity index (χ4n) is 10.6.